The third-order valence-electron chi connectivity index (χ3n) is 5.29. The molecule has 1 aliphatic heterocycles. The van der Waals surface area contributed by atoms with Gasteiger partial charge in [-0.25, -0.2) is 0 Å². The fraction of sp³-hybridized carbons (Fsp3) is 0.667. The van der Waals surface area contributed by atoms with Crippen molar-refractivity contribution in [1.82, 2.24) is 9.88 Å². The van der Waals surface area contributed by atoms with Gasteiger partial charge >= 0.3 is 0 Å². The Kier molecular flexibility index (Phi) is 3.97. The summed E-state index contributed by atoms with van der Waals surface area (Å²) in [6.45, 7) is 1.56. The Labute approximate surface area is 136 Å². The quantitative estimate of drug-likeness (QED) is 0.914. The van der Waals surface area contributed by atoms with E-state index in [0.29, 0.717) is 12.5 Å². The van der Waals surface area contributed by atoms with Crippen LogP contribution in [0.15, 0.2) is 16.9 Å². The normalized spacial score (nSPS) is 26.8. The molecule has 1 saturated carbocycles. The second kappa shape index (κ2) is 6.11. The Balaban J connectivity index is 1.46. The Morgan fingerprint density at radius 1 is 1.26 bits per heavy atom. The molecular weight excluding hydrogens is 292 g/mol. The number of nitrogens with one attached hydrogen (secondary N) is 1. The largest absolute Gasteiger partial charge is 0.368 e. The molecule has 4 rings (SSSR count). The van der Waals surface area contributed by atoms with E-state index in [-0.39, 0.29) is 23.6 Å². The molecular formula is C18H24N2O3. The molecule has 0 radical (unpaired) electrons. The number of amides is 1. The van der Waals surface area contributed by atoms with Crippen LogP contribution in [0.25, 0.3) is 0 Å². The number of ether oxygens (including phenoxy) is 1. The highest BCUT2D eigenvalue weighted by Gasteiger charge is 2.29. The number of fused-ring (bicyclic) bond motifs is 1. The van der Waals surface area contributed by atoms with Crippen LogP contribution >= 0.6 is 0 Å². The smallest absolute Gasteiger partial charge is 0.250 e. The van der Waals surface area contributed by atoms with Crippen LogP contribution in [-0.4, -0.2) is 29.2 Å². The van der Waals surface area contributed by atoms with Gasteiger partial charge in [-0.1, -0.05) is 6.07 Å². The fourth-order valence-electron chi connectivity index (χ4n) is 3.78. The van der Waals surface area contributed by atoms with Crippen LogP contribution in [0.3, 0.4) is 0 Å². The molecule has 1 unspecified atom stereocenters. The van der Waals surface area contributed by atoms with E-state index in [9.17, 15) is 9.59 Å². The van der Waals surface area contributed by atoms with Gasteiger partial charge in [-0.05, 0) is 56.4 Å². The van der Waals surface area contributed by atoms with Gasteiger partial charge < -0.3 is 14.6 Å². The van der Waals surface area contributed by atoms with Crippen LogP contribution in [0.4, 0.5) is 0 Å². The first kappa shape index (κ1) is 14.9. The van der Waals surface area contributed by atoms with Crippen LogP contribution in [0, 0.1) is 5.92 Å². The molecule has 0 spiro atoms. The average molecular weight is 316 g/mol. The SMILES string of the molecule is O=C(NC1CCc2c(ccc(=O)n2CC2CC2)C1)[C@@H]1CCCO1. The van der Waals surface area contributed by atoms with Crippen LogP contribution in [-0.2, 0) is 28.9 Å². The van der Waals surface area contributed by atoms with Crippen molar-refractivity contribution in [2.24, 2.45) is 5.92 Å². The molecule has 2 aliphatic carbocycles. The summed E-state index contributed by atoms with van der Waals surface area (Å²) in [4.78, 5) is 24.4. The van der Waals surface area contributed by atoms with Gasteiger partial charge in [0.1, 0.15) is 6.10 Å². The van der Waals surface area contributed by atoms with E-state index >= 15 is 0 Å². The summed E-state index contributed by atoms with van der Waals surface area (Å²) in [6.07, 6.45) is 6.62. The van der Waals surface area contributed by atoms with Gasteiger partial charge in [0.05, 0.1) is 0 Å². The molecule has 124 valence electrons. The number of rotatable bonds is 4. The van der Waals surface area contributed by atoms with E-state index in [4.69, 9.17) is 4.74 Å². The Morgan fingerprint density at radius 2 is 2.13 bits per heavy atom. The maximum Gasteiger partial charge on any atom is 0.250 e. The Morgan fingerprint density at radius 3 is 2.87 bits per heavy atom. The summed E-state index contributed by atoms with van der Waals surface area (Å²) in [5.41, 5.74) is 2.53. The van der Waals surface area contributed by atoms with E-state index in [2.05, 4.69) is 5.32 Å². The van der Waals surface area contributed by atoms with Gasteiger partial charge in [0.15, 0.2) is 0 Å². The van der Waals surface area contributed by atoms with E-state index in [1.165, 1.54) is 24.1 Å². The lowest BCUT2D eigenvalue weighted by molar-refractivity contribution is -0.130. The van der Waals surface area contributed by atoms with Gasteiger partial charge in [0, 0.05) is 31.0 Å². The molecule has 0 aromatic carbocycles. The Hall–Kier alpha value is -1.62. The highest BCUT2D eigenvalue weighted by Crippen LogP contribution is 2.31. The first-order valence-corrected chi connectivity index (χ1v) is 8.84. The summed E-state index contributed by atoms with van der Waals surface area (Å²) in [6, 6.07) is 3.79. The van der Waals surface area contributed by atoms with Crippen molar-refractivity contribution in [3.63, 3.8) is 0 Å². The van der Waals surface area contributed by atoms with Crippen LogP contribution < -0.4 is 10.9 Å². The molecule has 1 amide bonds. The number of carbonyl (C=O) groups excluding carboxylic acids is 1. The highest BCUT2D eigenvalue weighted by molar-refractivity contribution is 5.81. The van der Waals surface area contributed by atoms with Crippen LogP contribution in [0.2, 0.25) is 0 Å². The summed E-state index contributed by atoms with van der Waals surface area (Å²) in [5.74, 6) is 0.721. The summed E-state index contributed by atoms with van der Waals surface area (Å²) >= 11 is 0. The van der Waals surface area contributed by atoms with Gasteiger partial charge in [0.25, 0.3) is 5.56 Å². The van der Waals surface area contributed by atoms with Crippen molar-refractivity contribution < 1.29 is 9.53 Å². The van der Waals surface area contributed by atoms with E-state index < -0.39 is 0 Å². The first-order valence-electron chi connectivity index (χ1n) is 8.84. The van der Waals surface area contributed by atoms with Crippen molar-refractivity contribution in [3.8, 4) is 0 Å². The van der Waals surface area contributed by atoms with Crippen LogP contribution in [0.5, 0.6) is 0 Å². The minimum Gasteiger partial charge on any atom is -0.368 e. The third kappa shape index (κ3) is 3.20. The van der Waals surface area contributed by atoms with Gasteiger partial charge in [-0.2, -0.15) is 0 Å². The maximum atomic E-state index is 12.2. The van der Waals surface area contributed by atoms with Crippen LogP contribution in [0.1, 0.15) is 43.4 Å². The fourth-order valence-corrected chi connectivity index (χ4v) is 3.78. The lowest BCUT2D eigenvalue weighted by atomic mass is 9.91. The number of carbonyl (C=O) groups is 1. The molecule has 1 saturated heterocycles. The standard InChI is InChI=1S/C18H24N2O3/c21-17-8-5-13-10-14(19-18(22)16-2-1-9-23-16)6-7-15(13)20(17)11-12-3-4-12/h5,8,12,14,16H,1-4,6-7,9-11H2,(H,19,22)/t14?,16-/m0/s1. The van der Waals surface area contributed by atoms with Gasteiger partial charge in [-0.3, -0.25) is 9.59 Å². The van der Waals surface area contributed by atoms with Crippen molar-refractivity contribution in [1.29, 1.82) is 0 Å². The second-order valence-corrected chi connectivity index (χ2v) is 7.15. The number of nitrogens with zero attached hydrogens (tertiary/aromatic N) is 1. The average Bonchev–Trinajstić information content (AvgIpc) is 3.19. The molecule has 23 heavy (non-hydrogen) atoms. The number of hydrogen-bond donors (Lipinski definition) is 1. The minimum atomic E-state index is -0.264. The lowest BCUT2D eigenvalue weighted by Gasteiger charge is -2.28. The lowest BCUT2D eigenvalue weighted by Crippen LogP contribution is -2.44. The first-order chi connectivity index (χ1) is 11.2. The molecule has 5 heteroatoms. The van der Waals surface area contributed by atoms with Crippen molar-refractivity contribution in [2.45, 2.75) is 63.6 Å². The zero-order valence-corrected chi connectivity index (χ0v) is 13.4. The number of aromatic nitrogens is 1. The van der Waals surface area contributed by atoms with E-state index in [1.807, 2.05) is 10.6 Å². The molecule has 1 aromatic heterocycles. The van der Waals surface area contributed by atoms with E-state index in [1.54, 1.807) is 6.07 Å². The zero-order chi connectivity index (χ0) is 15.8. The van der Waals surface area contributed by atoms with Crippen molar-refractivity contribution in [3.05, 3.63) is 33.7 Å². The Bertz CT molecular complexity index is 657. The maximum absolute atomic E-state index is 12.2. The second-order valence-electron chi connectivity index (χ2n) is 7.15. The van der Waals surface area contributed by atoms with Crippen molar-refractivity contribution >= 4 is 5.91 Å². The van der Waals surface area contributed by atoms with Crippen molar-refractivity contribution in [2.75, 3.05) is 6.61 Å². The molecule has 5 nitrogen and oxygen atoms in total. The molecule has 2 heterocycles. The molecule has 1 N–H and O–H groups in total. The number of hydrogen-bond acceptors (Lipinski definition) is 3. The predicted molar refractivity (Wildman–Crippen MR) is 86.4 cm³/mol. The summed E-state index contributed by atoms with van der Waals surface area (Å²) < 4.78 is 7.43. The molecule has 1 aromatic rings. The zero-order valence-electron chi connectivity index (χ0n) is 13.4. The summed E-state index contributed by atoms with van der Waals surface area (Å²) in [5, 5.41) is 3.14. The molecule has 2 fully saturated rings. The topological polar surface area (TPSA) is 60.3 Å². The van der Waals surface area contributed by atoms with Gasteiger partial charge in [0.2, 0.25) is 5.91 Å². The van der Waals surface area contributed by atoms with Gasteiger partial charge in [-0.15, -0.1) is 0 Å². The molecule has 3 aliphatic rings. The highest BCUT2D eigenvalue weighted by atomic mass is 16.5. The molecule has 0 bridgehead atoms. The molecule has 2 atom stereocenters. The number of pyridine rings is 1. The minimum absolute atomic E-state index is 0.0299. The third-order valence-corrected chi connectivity index (χ3v) is 5.29. The summed E-state index contributed by atoms with van der Waals surface area (Å²) in [7, 11) is 0. The predicted octanol–water partition coefficient (Wildman–Crippen LogP) is 1.41. The monoisotopic (exact) mass is 316 g/mol. The van der Waals surface area contributed by atoms with E-state index in [0.717, 1.165) is 38.6 Å².